The molecular formula is C12H19N3O3S2. The molecule has 112 valence electrons. The van der Waals surface area contributed by atoms with Gasteiger partial charge in [-0.2, -0.15) is 0 Å². The predicted molar refractivity (Wildman–Crippen MR) is 76.8 cm³/mol. The fourth-order valence-electron chi connectivity index (χ4n) is 2.86. The van der Waals surface area contributed by atoms with E-state index in [0.717, 1.165) is 13.1 Å². The minimum Gasteiger partial charge on any atom is -0.414 e. The number of piperidine rings is 1. The Bertz CT molecular complexity index is 629. The Morgan fingerprint density at radius 2 is 2.05 bits per heavy atom. The van der Waals surface area contributed by atoms with Gasteiger partial charge in [-0.05, 0) is 44.6 Å². The van der Waals surface area contributed by atoms with E-state index in [9.17, 15) is 8.42 Å². The standard InChI is InChI=1S/C12H19N3O3S2/c16-20(17)7-4-10(8-20)11-13-15(12(19)18-11)9-14-5-2-1-3-6-14/h10H,1-9H2/t10-/m0/s1. The van der Waals surface area contributed by atoms with E-state index in [2.05, 4.69) is 10.00 Å². The Kier molecular flexibility index (Phi) is 3.96. The zero-order valence-corrected chi connectivity index (χ0v) is 13.0. The van der Waals surface area contributed by atoms with Crippen molar-refractivity contribution in [3.8, 4) is 0 Å². The average Bonchev–Trinajstić information content (AvgIpc) is 2.95. The lowest BCUT2D eigenvalue weighted by molar-refractivity contribution is 0.170. The SMILES string of the molecule is O=S1(=O)CC[C@H](c2nn(CN3CCCCC3)c(=S)o2)C1. The summed E-state index contributed by atoms with van der Waals surface area (Å²) in [5.41, 5.74) is 0. The van der Waals surface area contributed by atoms with Gasteiger partial charge in [0.05, 0.1) is 24.1 Å². The van der Waals surface area contributed by atoms with E-state index in [-0.39, 0.29) is 17.4 Å². The first kappa shape index (κ1) is 14.2. The predicted octanol–water partition coefficient (Wildman–Crippen LogP) is 1.55. The van der Waals surface area contributed by atoms with Crippen molar-refractivity contribution in [1.82, 2.24) is 14.7 Å². The Morgan fingerprint density at radius 1 is 1.30 bits per heavy atom. The fourth-order valence-corrected chi connectivity index (χ4v) is 4.77. The van der Waals surface area contributed by atoms with Gasteiger partial charge in [-0.3, -0.25) is 4.90 Å². The summed E-state index contributed by atoms with van der Waals surface area (Å²) in [4.78, 5) is 2.65. The van der Waals surface area contributed by atoms with Gasteiger partial charge in [0.1, 0.15) is 0 Å². The van der Waals surface area contributed by atoms with Crippen LogP contribution in [0, 0.1) is 4.84 Å². The smallest absolute Gasteiger partial charge is 0.288 e. The van der Waals surface area contributed by atoms with Crippen molar-refractivity contribution in [2.24, 2.45) is 0 Å². The third kappa shape index (κ3) is 3.12. The van der Waals surface area contributed by atoms with E-state index in [1.807, 2.05) is 0 Å². The molecule has 8 heteroatoms. The molecule has 0 aliphatic carbocycles. The molecule has 0 N–H and O–H groups in total. The lowest BCUT2D eigenvalue weighted by Crippen LogP contribution is -2.32. The molecule has 0 saturated carbocycles. The van der Waals surface area contributed by atoms with E-state index >= 15 is 0 Å². The van der Waals surface area contributed by atoms with Crippen LogP contribution in [-0.2, 0) is 16.5 Å². The van der Waals surface area contributed by atoms with E-state index < -0.39 is 9.84 Å². The molecule has 1 aromatic heterocycles. The monoisotopic (exact) mass is 317 g/mol. The summed E-state index contributed by atoms with van der Waals surface area (Å²) in [5.74, 6) is 0.697. The van der Waals surface area contributed by atoms with Crippen LogP contribution in [0.5, 0.6) is 0 Å². The second-order valence-electron chi connectivity index (χ2n) is 5.63. The third-order valence-corrected chi connectivity index (χ3v) is 6.05. The minimum absolute atomic E-state index is 0.131. The van der Waals surface area contributed by atoms with Crippen LogP contribution >= 0.6 is 12.2 Å². The van der Waals surface area contributed by atoms with Crippen LogP contribution in [0.2, 0.25) is 0 Å². The number of sulfone groups is 1. The van der Waals surface area contributed by atoms with Crippen LogP contribution < -0.4 is 0 Å². The first-order valence-corrected chi connectivity index (χ1v) is 9.27. The molecule has 3 heterocycles. The molecule has 20 heavy (non-hydrogen) atoms. The highest BCUT2D eigenvalue weighted by Crippen LogP contribution is 2.27. The molecule has 0 amide bonds. The van der Waals surface area contributed by atoms with Crippen molar-refractivity contribution >= 4 is 22.1 Å². The number of nitrogens with zero attached hydrogens (tertiary/aromatic N) is 3. The van der Waals surface area contributed by atoms with Gasteiger partial charge in [-0.25, -0.2) is 13.1 Å². The summed E-state index contributed by atoms with van der Waals surface area (Å²) in [7, 11) is -2.93. The molecule has 1 aromatic rings. The molecule has 0 unspecified atom stereocenters. The molecule has 0 radical (unpaired) electrons. The molecule has 0 aromatic carbocycles. The Balaban J connectivity index is 1.72. The van der Waals surface area contributed by atoms with Gasteiger partial charge in [0.2, 0.25) is 5.89 Å². The first-order valence-electron chi connectivity index (χ1n) is 7.04. The summed E-state index contributed by atoms with van der Waals surface area (Å²) in [6.07, 6.45) is 4.28. The van der Waals surface area contributed by atoms with E-state index in [1.165, 1.54) is 19.3 Å². The fraction of sp³-hybridized carbons (Fsp3) is 0.833. The van der Waals surface area contributed by atoms with Crippen LogP contribution in [0.3, 0.4) is 0 Å². The largest absolute Gasteiger partial charge is 0.414 e. The maximum atomic E-state index is 11.5. The number of rotatable bonds is 3. The zero-order chi connectivity index (χ0) is 14.2. The van der Waals surface area contributed by atoms with Crippen molar-refractivity contribution in [2.45, 2.75) is 38.3 Å². The summed E-state index contributed by atoms with van der Waals surface area (Å²) < 4.78 is 30.2. The minimum atomic E-state index is -2.93. The number of hydrogen-bond acceptors (Lipinski definition) is 6. The second kappa shape index (κ2) is 5.57. The Hall–Kier alpha value is -0.730. The van der Waals surface area contributed by atoms with Crippen molar-refractivity contribution in [3.63, 3.8) is 0 Å². The van der Waals surface area contributed by atoms with Crippen molar-refractivity contribution < 1.29 is 12.8 Å². The lowest BCUT2D eigenvalue weighted by atomic mass is 10.1. The van der Waals surface area contributed by atoms with E-state index in [1.54, 1.807) is 4.68 Å². The third-order valence-electron chi connectivity index (χ3n) is 3.99. The maximum absolute atomic E-state index is 11.5. The number of likely N-dealkylation sites (tertiary alicyclic amines) is 1. The van der Waals surface area contributed by atoms with Gasteiger partial charge in [-0.1, -0.05) is 6.42 Å². The molecule has 2 aliphatic heterocycles. The van der Waals surface area contributed by atoms with Gasteiger partial charge in [0.25, 0.3) is 4.84 Å². The first-order chi connectivity index (χ1) is 9.53. The summed E-state index contributed by atoms with van der Waals surface area (Å²) in [6, 6.07) is 0. The highest BCUT2D eigenvalue weighted by atomic mass is 32.2. The van der Waals surface area contributed by atoms with Gasteiger partial charge in [-0.15, -0.1) is 5.10 Å². The molecule has 6 nitrogen and oxygen atoms in total. The lowest BCUT2D eigenvalue weighted by Gasteiger charge is -2.25. The van der Waals surface area contributed by atoms with Crippen molar-refractivity contribution in [3.05, 3.63) is 10.7 Å². The summed E-state index contributed by atoms with van der Waals surface area (Å²) in [5, 5.41) is 4.39. The number of aromatic nitrogens is 2. The van der Waals surface area contributed by atoms with E-state index in [0.29, 0.717) is 23.8 Å². The van der Waals surface area contributed by atoms with Gasteiger partial charge in [0.15, 0.2) is 9.84 Å². The molecule has 2 aliphatic rings. The van der Waals surface area contributed by atoms with E-state index in [4.69, 9.17) is 16.6 Å². The van der Waals surface area contributed by atoms with Gasteiger partial charge >= 0.3 is 0 Å². The van der Waals surface area contributed by atoms with Crippen LogP contribution in [0.1, 0.15) is 37.5 Å². The van der Waals surface area contributed by atoms with Gasteiger partial charge in [0, 0.05) is 0 Å². The average molecular weight is 317 g/mol. The number of hydrogen-bond donors (Lipinski definition) is 0. The quantitative estimate of drug-likeness (QED) is 0.788. The van der Waals surface area contributed by atoms with Crippen LogP contribution in [0.15, 0.2) is 4.42 Å². The summed E-state index contributed by atoms with van der Waals surface area (Å²) in [6.45, 7) is 2.76. The zero-order valence-electron chi connectivity index (χ0n) is 11.3. The van der Waals surface area contributed by atoms with Crippen molar-refractivity contribution in [2.75, 3.05) is 24.6 Å². The van der Waals surface area contributed by atoms with Crippen molar-refractivity contribution in [1.29, 1.82) is 0 Å². The molecule has 2 saturated heterocycles. The molecular weight excluding hydrogens is 298 g/mol. The highest BCUT2D eigenvalue weighted by molar-refractivity contribution is 7.91. The Morgan fingerprint density at radius 3 is 2.70 bits per heavy atom. The van der Waals surface area contributed by atoms with Crippen LogP contribution in [0.4, 0.5) is 0 Å². The molecule has 2 fully saturated rings. The highest BCUT2D eigenvalue weighted by Gasteiger charge is 2.32. The molecule has 1 atom stereocenters. The second-order valence-corrected chi connectivity index (χ2v) is 8.20. The van der Waals surface area contributed by atoms with Crippen LogP contribution in [0.25, 0.3) is 0 Å². The molecule has 0 bridgehead atoms. The summed E-state index contributed by atoms with van der Waals surface area (Å²) >= 11 is 5.19. The Labute approximate surface area is 123 Å². The molecule has 3 rings (SSSR count). The normalized spacial score (nSPS) is 26.9. The maximum Gasteiger partial charge on any atom is 0.288 e. The topological polar surface area (TPSA) is 68.3 Å². The van der Waals surface area contributed by atoms with Crippen LogP contribution in [-0.4, -0.2) is 47.7 Å². The molecule has 0 spiro atoms. The van der Waals surface area contributed by atoms with Gasteiger partial charge < -0.3 is 4.42 Å².